The Morgan fingerprint density at radius 3 is 2.61 bits per heavy atom. The zero-order chi connectivity index (χ0) is 16.0. The first kappa shape index (κ1) is 20.7. The van der Waals surface area contributed by atoms with E-state index in [1.807, 2.05) is 0 Å². The summed E-state index contributed by atoms with van der Waals surface area (Å²) in [4.78, 5) is 11.8. The second-order valence-corrected chi connectivity index (χ2v) is 8.38. The number of piperidine rings is 1. The topological polar surface area (TPSA) is 84.5 Å². The molecule has 2 aliphatic rings. The molecular weight excluding hydrogens is 340 g/mol. The predicted molar refractivity (Wildman–Crippen MR) is 92.1 cm³/mol. The largest absolute Gasteiger partial charge is 0.469 e. The third-order valence-electron chi connectivity index (χ3n) is 4.86. The van der Waals surface area contributed by atoms with Gasteiger partial charge >= 0.3 is 5.97 Å². The molecule has 0 radical (unpaired) electrons. The van der Waals surface area contributed by atoms with Crippen LogP contribution in [0.15, 0.2) is 0 Å². The van der Waals surface area contributed by atoms with Crippen molar-refractivity contribution in [3.8, 4) is 0 Å². The van der Waals surface area contributed by atoms with E-state index in [2.05, 4.69) is 10.0 Å². The standard InChI is InChI=1S/C15H28N2O4S.ClH/c1-21-15(18)13-6-2-3-7-14(13)22(19,20)17-10-8-12-5-4-9-16-11-12;/h12-14,16-17H,2-11H2,1H3;1H. The zero-order valence-corrected chi connectivity index (χ0v) is 15.4. The highest BCUT2D eigenvalue weighted by Crippen LogP contribution is 2.30. The number of halogens is 1. The molecule has 0 aromatic carbocycles. The molecule has 0 bridgehead atoms. The van der Waals surface area contributed by atoms with E-state index in [4.69, 9.17) is 4.74 Å². The molecule has 2 fully saturated rings. The Morgan fingerprint density at radius 2 is 1.96 bits per heavy atom. The van der Waals surface area contributed by atoms with Crippen LogP contribution in [0.1, 0.15) is 44.9 Å². The SMILES string of the molecule is COC(=O)C1CCCCC1S(=O)(=O)NCCC1CCCNC1.Cl. The van der Waals surface area contributed by atoms with Gasteiger partial charge in [0.1, 0.15) is 0 Å². The molecule has 1 aliphatic carbocycles. The first-order valence-corrected chi connectivity index (χ1v) is 9.86. The van der Waals surface area contributed by atoms with Crippen molar-refractivity contribution in [2.24, 2.45) is 11.8 Å². The van der Waals surface area contributed by atoms with Gasteiger partial charge in [-0.1, -0.05) is 12.8 Å². The molecule has 0 amide bonds. The zero-order valence-electron chi connectivity index (χ0n) is 13.8. The average Bonchev–Trinajstić information content (AvgIpc) is 2.55. The van der Waals surface area contributed by atoms with E-state index < -0.39 is 27.2 Å². The number of sulfonamides is 1. The van der Waals surface area contributed by atoms with E-state index in [0.29, 0.717) is 25.3 Å². The summed E-state index contributed by atoms with van der Waals surface area (Å²) in [7, 11) is -2.14. The number of carbonyl (C=O) groups excluding carboxylic acids is 1. The Kier molecular flexibility index (Phi) is 8.82. The van der Waals surface area contributed by atoms with Crippen molar-refractivity contribution in [2.45, 2.75) is 50.2 Å². The number of rotatable bonds is 6. The van der Waals surface area contributed by atoms with Gasteiger partial charge in [-0.15, -0.1) is 12.4 Å². The van der Waals surface area contributed by atoms with Gasteiger partial charge in [0, 0.05) is 6.54 Å². The number of hydrogen-bond donors (Lipinski definition) is 2. The number of hydrogen-bond acceptors (Lipinski definition) is 5. The number of carbonyl (C=O) groups is 1. The fraction of sp³-hybridized carbons (Fsp3) is 0.933. The summed E-state index contributed by atoms with van der Waals surface area (Å²) in [6.45, 7) is 2.49. The second-order valence-electron chi connectivity index (χ2n) is 6.39. The van der Waals surface area contributed by atoms with Crippen molar-refractivity contribution in [2.75, 3.05) is 26.7 Å². The molecule has 3 unspecified atom stereocenters. The van der Waals surface area contributed by atoms with Gasteiger partial charge in [-0.05, 0) is 51.1 Å². The van der Waals surface area contributed by atoms with E-state index in [1.165, 1.54) is 7.11 Å². The Bertz CT molecular complexity index is 466. The Labute approximate surface area is 145 Å². The fourth-order valence-corrected chi connectivity index (χ4v) is 5.35. The van der Waals surface area contributed by atoms with Crippen molar-refractivity contribution in [1.82, 2.24) is 10.0 Å². The van der Waals surface area contributed by atoms with Crippen molar-refractivity contribution < 1.29 is 17.9 Å². The van der Waals surface area contributed by atoms with E-state index in [1.54, 1.807) is 0 Å². The minimum Gasteiger partial charge on any atom is -0.469 e. The number of nitrogens with one attached hydrogen (secondary N) is 2. The molecule has 0 aromatic heterocycles. The summed E-state index contributed by atoms with van der Waals surface area (Å²) in [5.41, 5.74) is 0. The Hall–Kier alpha value is -0.370. The van der Waals surface area contributed by atoms with Crippen LogP contribution >= 0.6 is 12.4 Å². The molecule has 2 N–H and O–H groups in total. The third-order valence-corrected chi connectivity index (χ3v) is 6.83. The summed E-state index contributed by atoms with van der Waals surface area (Å²) in [6, 6.07) is 0. The summed E-state index contributed by atoms with van der Waals surface area (Å²) in [5, 5.41) is 2.70. The maximum Gasteiger partial charge on any atom is 0.310 e. The lowest BCUT2D eigenvalue weighted by Gasteiger charge is -2.29. The van der Waals surface area contributed by atoms with Crippen molar-refractivity contribution in [3.05, 3.63) is 0 Å². The van der Waals surface area contributed by atoms with Crippen LogP contribution < -0.4 is 10.0 Å². The van der Waals surface area contributed by atoms with Crippen LogP contribution in [0.2, 0.25) is 0 Å². The van der Waals surface area contributed by atoms with Crippen LogP contribution in [0.3, 0.4) is 0 Å². The Morgan fingerprint density at radius 1 is 1.22 bits per heavy atom. The highest BCUT2D eigenvalue weighted by Gasteiger charge is 2.40. The molecule has 1 saturated carbocycles. The lowest BCUT2D eigenvalue weighted by molar-refractivity contribution is -0.146. The minimum atomic E-state index is -3.46. The smallest absolute Gasteiger partial charge is 0.310 e. The molecular formula is C15H29ClN2O4S. The van der Waals surface area contributed by atoms with Gasteiger partial charge in [0.05, 0.1) is 18.3 Å². The summed E-state index contributed by atoms with van der Waals surface area (Å²) in [6.07, 6.45) is 6.05. The predicted octanol–water partition coefficient (Wildman–Crippen LogP) is 1.45. The quantitative estimate of drug-likeness (QED) is 0.693. The van der Waals surface area contributed by atoms with Gasteiger partial charge in [-0.25, -0.2) is 13.1 Å². The highest BCUT2D eigenvalue weighted by atomic mass is 35.5. The summed E-state index contributed by atoms with van der Waals surface area (Å²) in [5.74, 6) is -0.377. The normalized spacial score (nSPS) is 28.7. The molecule has 1 aliphatic heterocycles. The lowest BCUT2D eigenvalue weighted by Crippen LogP contribution is -2.44. The molecule has 2 rings (SSSR count). The van der Waals surface area contributed by atoms with Gasteiger partial charge < -0.3 is 10.1 Å². The Balaban J connectivity index is 0.00000264. The van der Waals surface area contributed by atoms with Gasteiger partial charge in [-0.3, -0.25) is 4.79 Å². The van der Waals surface area contributed by atoms with E-state index in [9.17, 15) is 13.2 Å². The van der Waals surface area contributed by atoms with Crippen molar-refractivity contribution >= 4 is 28.4 Å². The van der Waals surface area contributed by atoms with Gasteiger partial charge in [-0.2, -0.15) is 0 Å². The molecule has 0 aromatic rings. The van der Waals surface area contributed by atoms with E-state index >= 15 is 0 Å². The molecule has 1 saturated heterocycles. The molecule has 6 nitrogen and oxygen atoms in total. The highest BCUT2D eigenvalue weighted by molar-refractivity contribution is 7.90. The van der Waals surface area contributed by atoms with Crippen molar-refractivity contribution in [1.29, 1.82) is 0 Å². The minimum absolute atomic E-state index is 0. The van der Waals surface area contributed by atoms with Gasteiger partial charge in [0.25, 0.3) is 0 Å². The first-order chi connectivity index (χ1) is 10.5. The van der Waals surface area contributed by atoms with Crippen LogP contribution in [0, 0.1) is 11.8 Å². The number of methoxy groups -OCH3 is 1. The molecule has 0 spiro atoms. The van der Waals surface area contributed by atoms with Crippen LogP contribution in [0.5, 0.6) is 0 Å². The average molecular weight is 369 g/mol. The second kappa shape index (κ2) is 9.81. The molecule has 8 heteroatoms. The number of ether oxygens (including phenoxy) is 1. The van der Waals surface area contributed by atoms with Crippen LogP contribution in [0.25, 0.3) is 0 Å². The monoisotopic (exact) mass is 368 g/mol. The molecule has 23 heavy (non-hydrogen) atoms. The van der Waals surface area contributed by atoms with E-state index in [-0.39, 0.29) is 12.4 Å². The fourth-order valence-electron chi connectivity index (χ4n) is 3.57. The third kappa shape index (κ3) is 5.89. The maximum absolute atomic E-state index is 12.5. The van der Waals surface area contributed by atoms with E-state index in [0.717, 1.165) is 45.2 Å². The molecule has 136 valence electrons. The van der Waals surface area contributed by atoms with Crippen LogP contribution in [0.4, 0.5) is 0 Å². The maximum atomic E-state index is 12.5. The summed E-state index contributed by atoms with van der Waals surface area (Å²) < 4.78 is 32.5. The van der Waals surface area contributed by atoms with Crippen molar-refractivity contribution in [3.63, 3.8) is 0 Å². The lowest BCUT2D eigenvalue weighted by atomic mass is 9.89. The van der Waals surface area contributed by atoms with Gasteiger partial charge in [0.15, 0.2) is 0 Å². The van der Waals surface area contributed by atoms with Crippen LogP contribution in [-0.4, -0.2) is 46.4 Å². The first-order valence-electron chi connectivity index (χ1n) is 8.31. The summed E-state index contributed by atoms with van der Waals surface area (Å²) >= 11 is 0. The number of esters is 1. The van der Waals surface area contributed by atoms with Gasteiger partial charge in [0.2, 0.25) is 10.0 Å². The molecule has 1 heterocycles. The van der Waals surface area contributed by atoms with Crippen LogP contribution in [-0.2, 0) is 19.6 Å². The molecule has 3 atom stereocenters.